The normalized spacial score (nSPS) is 10.1. The van der Waals surface area contributed by atoms with Crippen molar-refractivity contribution in [2.75, 3.05) is 6.61 Å². The number of esters is 1. The number of aryl methyl sites for hydroxylation is 2. The van der Waals surface area contributed by atoms with E-state index in [9.17, 15) is 9.18 Å². The van der Waals surface area contributed by atoms with Crippen LogP contribution in [0.1, 0.15) is 24.5 Å². The predicted octanol–water partition coefficient (Wildman–Crippen LogP) is 2.63. The first-order chi connectivity index (χ1) is 7.13. The minimum Gasteiger partial charge on any atom is -0.466 e. The van der Waals surface area contributed by atoms with Crippen LogP contribution in [0.15, 0.2) is 18.2 Å². The molecule has 0 aliphatic heterocycles. The molecule has 3 heteroatoms. The van der Waals surface area contributed by atoms with E-state index >= 15 is 0 Å². The fourth-order valence-electron chi connectivity index (χ4n) is 1.34. The summed E-state index contributed by atoms with van der Waals surface area (Å²) in [5.41, 5.74) is 1.57. The standard InChI is InChI=1S/C12H15FO2/c1-3-15-12(14)7-5-10-4-6-11(13)9(2)8-10/h4,6,8H,3,5,7H2,1-2H3. The van der Waals surface area contributed by atoms with Crippen molar-refractivity contribution in [1.29, 1.82) is 0 Å². The number of hydrogen-bond donors (Lipinski definition) is 0. The fraction of sp³-hybridized carbons (Fsp3) is 0.417. The number of ether oxygens (including phenoxy) is 1. The number of halogens is 1. The molecule has 0 atom stereocenters. The topological polar surface area (TPSA) is 26.3 Å². The van der Waals surface area contributed by atoms with Crippen molar-refractivity contribution >= 4 is 5.97 Å². The largest absolute Gasteiger partial charge is 0.466 e. The third-order valence-electron chi connectivity index (χ3n) is 2.15. The quantitative estimate of drug-likeness (QED) is 0.714. The summed E-state index contributed by atoms with van der Waals surface area (Å²) < 4.78 is 17.7. The lowest BCUT2D eigenvalue weighted by molar-refractivity contribution is -0.143. The average molecular weight is 210 g/mol. The van der Waals surface area contributed by atoms with E-state index in [-0.39, 0.29) is 11.8 Å². The zero-order chi connectivity index (χ0) is 11.3. The first-order valence-electron chi connectivity index (χ1n) is 5.04. The fourth-order valence-corrected chi connectivity index (χ4v) is 1.34. The second-order valence-corrected chi connectivity index (χ2v) is 3.39. The molecule has 0 aliphatic carbocycles. The molecule has 15 heavy (non-hydrogen) atoms. The van der Waals surface area contributed by atoms with Gasteiger partial charge in [-0.15, -0.1) is 0 Å². The minimum absolute atomic E-state index is 0.209. The summed E-state index contributed by atoms with van der Waals surface area (Å²) in [5, 5.41) is 0. The number of carbonyl (C=O) groups excluding carboxylic acids is 1. The van der Waals surface area contributed by atoms with Gasteiger partial charge >= 0.3 is 5.97 Å². The molecule has 0 saturated heterocycles. The van der Waals surface area contributed by atoms with Crippen LogP contribution in [0.4, 0.5) is 4.39 Å². The third kappa shape index (κ3) is 3.70. The van der Waals surface area contributed by atoms with Crippen LogP contribution in [0.5, 0.6) is 0 Å². The number of hydrogen-bond acceptors (Lipinski definition) is 2. The second kappa shape index (κ2) is 5.49. The van der Waals surface area contributed by atoms with Crippen molar-refractivity contribution in [3.05, 3.63) is 35.1 Å². The Labute approximate surface area is 89.1 Å². The summed E-state index contributed by atoms with van der Waals surface area (Å²) in [4.78, 5) is 11.1. The van der Waals surface area contributed by atoms with Crippen LogP contribution >= 0.6 is 0 Å². The van der Waals surface area contributed by atoms with Gasteiger partial charge in [0.1, 0.15) is 5.82 Å². The maximum absolute atomic E-state index is 12.9. The highest BCUT2D eigenvalue weighted by Crippen LogP contribution is 2.11. The first-order valence-corrected chi connectivity index (χ1v) is 5.04. The van der Waals surface area contributed by atoms with Crippen molar-refractivity contribution in [3.63, 3.8) is 0 Å². The Kier molecular flexibility index (Phi) is 4.28. The molecule has 0 unspecified atom stereocenters. The van der Waals surface area contributed by atoms with E-state index in [0.717, 1.165) is 5.56 Å². The first kappa shape index (κ1) is 11.7. The molecular formula is C12H15FO2. The Balaban J connectivity index is 2.51. The smallest absolute Gasteiger partial charge is 0.306 e. The van der Waals surface area contributed by atoms with Gasteiger partial charge in [-0.25, -0.2) is 4.39 Å². The van der Waals surface area contributed by atoms with Crippen molar-refractivity contribution in [3.8, 4) is 0 Å². The van der Waals surface area contributed by atoms with E-state index in [0.29, 0.717) is 25.0 Å². The van der Waals surface area contributed by atoms with E-state index in [1.165, 1.54) is 6.07 Å². The molecule has 0 saturated carbocycles. The SMILES string of the molecule is CCOC(=O)CCc1ccc(F)c(C)c1. The van der Waals surface area contributed by atoms with Gasteiger partial charge in [0.25, 0.3) is 0 Å². The Morgan fingerprint density at radius 1 is 1.47 bits per heavy atom. The Morgan fingerprint density at radius 3 is 2.80 bits per heavy atom. The van der Waals surface area contributed by atoms with Crippen molar-refractivity contribution in [1.82, 2.24) is 0 Å². The van der Waals surface area contributed by atoms with Gasteiger partial charge in [0, 0.05) is 6.42 Å². The van der Waals surface area contributed by atoms with Crippen molar-refractivity contribution in [2.24, 2.45) is 0 Å². The molecule has 0 amide bonds. The molecule has 0 bridgehead atoms. The lowest BCUT2D eigenvalue weighted by Crippen LogP contribution is -2.05. The van der Waals surface area contributed by atoms with Gasteiger partial charge in [-0.1, -0.05) is 12.1 Å². The molecule has 0 aliphatic rings. The molecule has 0 N–H and O–H groups in total. The molecule has 2 nitrogen and oxygen atoms in total. The van der Waals surface area contributed by atoms with Crippen molar-refractivity contribution < 1.29 is 13.9 Å². The van der Waals surface area contributed by atoms with Gasteiger partial charge < -0.3 is 4.74 Å². The molecule has 0 aromatic heterocycles. The number of carbonyl (C=O) groups is 1. The number of rotatable bonds is 4. The van der Waals surface area contributed by atoms with Gasteiger partial charge in [0.2, 0.25) is 0 Å². The summed E-state index contributed by atoms with van der Waals surface area (Å²) in [7, 11) is 0. The van der Waals surface area contributed by atoms with Gasteiger partial charge in [0.05, 0.1) is 6.61 Å². The maximum atomic E-state index is 12.9. The van der Waals surface area contributed by atoms with E-state index in [4.69, 9.17) is 4.74 Å². The molecule has 1 aromatic carbocycles. The molecule has 0 radical (unpaired) electrons. The summed E-state index contributed by atoms with van der Waals surface area (Å²) in [6, 6.07) is 4.88. The number of benzene rings is 1. The van der Waals surface area contributed by atoms with Crippen molar-refractivity contribution in [2.45, 2.75) is 26.7 Å². The van der Waals surface area contributed by atoms with Crippen LogP contribution in [0.25, 0.3) is 0 Å². The highest BCUT2D eigenvalue weighted by molar-refractivity contribution is 5.69. The summed E-state index contributed by atoms with van der Waals surface area (Å²) >= 11 is 0. The molecule has 1 aromatic rings. The second-order valence-electron chi connectivity index (χ2n) is 3.39. The van der Waals surface area contributed by atoms with Crippen LogP contribution in [0.2, 0.25) is 0 Å². The Hall–Kier alpha value is -1.38. The predicted molar refractivity (Wildman–Crippen MR) is 56.1 cm³/mol. The van der Waals surface area contributed by atoms with Gasteiger partial charge in [-0.2, -0.15) is 0 Å². The molecule has 0 heterocycles. The molecule has 0 fully saturated rings. The Bertz CT molecular complexity index is 347. The van der Waals surface area contributed by atoms with Crippen LogP contribution < -0.4 is 0 Å². The van der Waals surface area contributed by atoms with E-state index in [1.807, 2.05) is 0 Å². The van der Waals surface area contributed by atoms with Gasteiger partial charge in [0.15, 0.2) is 0 Å². The van der Waals surface area contributed by atoms with E-state index in [1.54, 1.807) is 26.0 Å². The Morgan fingerprint density at radius 2 is 2.20 bits per heavy atom. The molecule has 0 spiro atoms. The van der Waals surface area contributed by atoms with Gasteiger partial charge in [-0.3, -0.25) is 4.79 Å². The lowest BCUT2D eigenvalue weighted by Gasteiger charge is -2.03. The lowest BCUT2D eigenvalue weighted by atomic mass is 10.1. The molecular weight excluding hydrogens is 195 g/mol. The maximum Gasteiger partial charge on any atom is 0.306 e. The van der Waals surface area contributed by atoms with Crippen LogP contribution in [0.3, 0.4) is 0 Å². The summed E-state index contributed by atoms with van der Waals surface area (Å²) in [6.45, 7) is 3.89. The summed E-state index contributed by atoms with van der Waals surface area (Å²) in [5.74, 6) is -0.422. The zero-order valence-corrected chi connectivity index (χ0v) is 9.05. The van der Waals surface area contributed by atoms with E-state index in [2.05, 4.69) is 0 Å². The van der Waals surface area contributed by atoms with E-state index < -0.39 is 0 Å². The average Bonchev–Trinajstić information content (AvgIpc) is 2.20. The zero-order valence-electron chi connectivity index (χ0n) is 9.05. The molecule has 1 rings (SSSR count). The van der Waals surface area contributed by atoms with Crippen LogP contribution in [0, 0.1) is 12.7 Å². The molecule has 82 valence electrons. The summed E-state index contributed by atoms with van der Waals surface area (Å²) in [6.07, 6.45) is 0.943. The van der Waals surface area contributed by atoms with Crippen LogP contribution in [-0.4, -0.2) is 12.6 Å². The highest BCUT2D eigenvalue weighted by atomic mass is 19.1. The monoisotopic (exact) mass is 210 g/mol. The minimum atomic E-state index is -0.213. The third-order valence-corrected chi connectivity index (χ3v) is 2.15. The van der Waals surface area contributed by atoms with Gasteiger partial charge in [-0.05, 0) is 37.5 Å². The highest BCUT2D eigenvalue weighted by Gasteiger charge is 2.04. The van der Waals surface area contributed by atoms with Crippen LogP contribution in [-0.2, 0) is 16.0 Å².